The number of carbonyl (C=O) groups is 1. The van der Waals surface area contributed by atoms with E-state index in [2.05, 4.69) is 25.8 Å². The lowest BCUT2D eigenvalue weighted by molar-refractivity contribution is -0.109. The summed E-state index contributed by atoms with van der Waals surface area (Å²) in [4.78, 5) is 12.8. The van der Waals surface area contributed by atoms with E-state index >= 15 is 0 Å². The van der Waals surface area contributed by atoms with Gasteiger partial charge in [0, 0.05) is 25.3 Å². The molecular weight excluding hydrogens is 158 g/mol. The zero-order valence-electron chi connectivity index (χ0n) is 7.76. The lowest BCUT2D eigenvalue weighted by Gasteiger charge is -2.19. The van der Waals surface area contributed by atoms with E-state index < -0.39 is 0 Å². The molecular formula is C8H17NOS. The van der Waals surface area contributed by atoms with E-state index in [9.17, 15) is 4.79 Å². The van der Waals surface area contributed by atoms with Crippen molar-refractivity contribution in [2.75, 3.05) is 19.3 Å². The van der Waals surface area contributed by atoms with Crippen LogP contribution in [0.2, 0.25) is 0 Å². The van der Waals surface area contributed by atoms with Crippen molar-refractivity contribution in [1.29, 1.82) is 0 Å². The van der Waals surface area contributed by atoms with Crippen LogP contribution in [-0.2, 0) is 4.79 Å². The second kappa shape index (κ2) is 5.61. The summed E-state index contributed by atoms with van der Waals surface area (Å²) in [5, 5.41) is 0.210. The maximum atomic E-state index is 10.5. The summed E-state index contributed by atoms with van der Waals surface area (Å²) in [5.41, 5.74) is 0. The largest absolute Gasteiger partial charge is 0.303 e. The topological polar surface area (TPSA) is 20.3 Å². The fourth-order valence-electron chi connectivity index (χ4n) is 0.592. The predicted octanol–water partition coefficient (Wildman–Crippen LogP) is 1.61. The number of nitrogens with zero attached hydrogens (tertiary/aromatic N) is 1. The molecule has 0 bridgehead atoms. The molecule has 0 rings (SSSR count). The molecule has 0 aromatic heterocycles. The van der Waals surface area contributed by atoms with Gasteiger partial charge in [0.2, 0.25) is 0 Å². The maximum Gasteiger partial charge on any atom is 0.185 e. The Morgan fingerprint density at radius 3 is 2.45 bits per heavy atom. The van der Waals surface area contributed by atoms with Gasteiger partial charge in [0.1, 0.15) is 0 Å². The van der Waals surface area contributed by atoms with Crippen LogP contribution >= 0.6 is 11.8 Å². The van der Waals surface area contributed by atoms with Crippen molar-refractivity contribution in [3.05, 3.63) is 0 Å². The van der Waals surface area contributed by atoms with Gasteiger partial charge < -0.3 is 4.90 Å². The van der Waals surface area contributed by atoms with Crippen molar-refractivity contribution in [1.82, 2.24) is 4.90 Å². The van der Waals surface area contributed by atoms with Crippen molar-refractivity contribution in [2.45, 2.75) is 26.8 Å². The third-order valence-corrected chi connectivity index (χ3v) is 2.42. The third kappa shape index (κ3) is 6.38. The lowest BCUT2D eigenvalue weighted by atomic mass is 10.3. The molecule has 0 atom stereocenters. The van der Waals surface area contributed by atoms with Crippen molar-refractivity contribution in [3.8, 4) is 0 Å². The Kier molecular flexibility index (Phi) is 5.60. The van der Waals surface area contributed by atoms with Crippen molar-refractivity contribution >= 4 is 16.9 Å². The van der Waals surface area contributed by atoms with Crippen LogP contribution in [0.3, 0.4) is 0 Å². The molecule has 0 aliphatic carbocycles. The summed E-state index contributed by atoms with van der Waals surface area (Å²) < 4.78 is 0. The first-order valence-corrected chi connectivity index (χ1v) is 4.86. The second-order valence-corrected chi connectivity index (χ2v) is 4.19. The molecule has 0 aliphatic rings. The Morgan fingerprint density at radius 1 is 1.55 bits per heavy atom. The Balaban J connectivity index is 3.31. The molecule has 0 saturated carbocycles. The van der Waals surface area contributed by atoms with Crippen LogP contribution in [0.25, 0.3) is 0 Å². The van der Waals surface area contributed by atoms with Crippen LogP contribution in [0.1, 0.15) is 20.8 Å². The van der Waals surface area contributed by atoms with Gasteiger partial charge in [-0.15, -0.1) is 0 Å². The normalized spacial score (nSPS) is 11.1. The first-order chi connectivity index (χ1) is 5.04. The smallest absolute Gasteiger partial charge is 0.185 e. The molecule has 2 nitrogen and oxygen atoms in total. The summed E-state index contributed by atoms with van der Waals surface area (Å²) in [7, 11) is 2.07. The summed E-state index contributed by atoms with van der Waals surface area (Å²) in [5.74, 6) is 0.907. The first-order valence-electron chi connectivity index (χ1n) is 3.87. The van der Waals surface area contributed by atoms with E-state index in [0.717, 1.165) is 12.3 Å². The molecule has 3 heteroatoms. The monoisotopic (exact) mass is 175 g/mol. The lowest BCUT2D eigenvalue weighted by Crippen LogP contribution is -2.28. The van der Waals surface area contributed by atoms with Gasteiger partial charge in [0.05, 0.1) is 0 Å². The SMILES string of the molecule is CC(=O)SCCN(C)C(C)C. The molecule has 0 fully saturated rings. The van der Waals surface area contributed by atoms with Gasteiger partial charge in [-0.05, 0) is 20.9 Å². The highest BCUT2D eigenvalue weighted by Crippen LogP contribution is 2.02. The highest BCUT2D eigenvalue weighted by molar-refractivity contribution is 8.13. The van der Waals surface area contributed by atoms with Gasteiger partial charge >= 0.3 is 0 Å². The van der Waals surface area contributed by atoms with Crippen molar-refractivity contribution < 1.29 is 4.79 Å². The molecule has 0 unspecified atom stereocenters. The molecule has 0 aromatic rings. The average Bonchev–Trinajstić information content (AvgIpc) is 1.86. The van der Waals surface area contributed by atoms with Crippen LogP contribution < -0.4 is 0 Å². The molecule has 0 heterocycles. The van der Waals surface area contributed by atoms with Crippen LogP contribution in [-0.4, -0.2) is 35.4 Å². The van der Waals surface area contributed by atoms with Gasteiger partial charge in [-0.3, -0.25) is 4.79 Å². The van der Waals surface area contributed by atoms with Gasteiger partial charge in [0.25, 0.3) is 0 Å². The van der Waals surface area contributed by atoms with Crippen LogP contribution in [0.15, 0.2) is 0 Å². The molecule has 0 spiro atoms. The highest BCUT2D eigenvalue weighted by atomic mass is 32.2. The molecule has 66 valence electrons. The van der Waals surface area contributed by atoms with Crippen LogP contribution in [0.4, 0.5) is 0 Å². The third-order valence-electron chi connectivity index (χ3n) is 1.63. The Labute approximate surface area is 73.3 Å². The molecule has 0 radical (unpaired) electrons. The molecule has 0 amide bonds. The van der Waals surface area contributed by atoms with E-state index in [1.807, 2.05) is 0 Å². The number of hydrogen-bond donors (Lipinski definition) is 0. The second-order valence-electron chi connectivity index (χ2n) is 2.91. The summed E-state index contributed by atoms with van der Waals surface area (Å²) in [6.45, 7) is 6.90. The zero-order chi connectivity index (χ0) is 8.85. The van der Waals surface area contributed by atoms with Crippen molar-refractivity contribution in [2.24, 2.45) is 0 Å². The Bertz CT molecular complexity index is 125. The molecule has 11 heavy (non-hydrogen) atoms. The standard InChI is InChI=1S/C8H17NOS/c1-7(2)9(4)5-6-11-8(3)10/h7H,5-6H2,1-4H3. The molecule has 0 aromatic carbocycles. The fraction of sp³-hybridized carbons (Fsp3) is 0.875. The number of thioether (sulfide) groups is 1. The van der Waals surface area contributed by atoms with Gasteiger partial charge in [0.15, 0.2) is 5.12 Å². The minimum Gasteiger partial charge on any atom is -0.303 e. The minimum atomic E-state index is 0.210. The summed E-state index contributed by atoms with van der Waals surface area (Å²) in [6, 6.07) is 0.572. The van der Waals surface area contributed by atoms with E-state index in [-0.39, 0.29) is 5.12 Å². The van der Waals surface area contributed by atoms with Crippen LogP contribution in [0.5, 0.6) is 0 Å². The Hall–Kier alpha value is -0.0200. The van der Waals surface area contributed by atoms with Crippen LogP contribution in [0, 0.1) is 0 Å². The number of rotatable bonds is 4. The molecule has 0 aliphatic heterocycles. The quantitative estimate of drug-likeness (QED) is 0.647. The first kappa shape index (κ1) is 11.0. The Morgan fingerprint density at radius 2 is 2.09 bits per heavy atom. The van der Waals surface area contributed by atoms with Gasteiger partial charge in [-0.1, -0.05) is 11.8 Å². The van der Waals surface area contributed by atoms with E-state index in [1.165, 1.54) is 11.8 Å². The molecule has 0 N–H and O–H groups in total. The highest BCUT2D eigenvalue weighted by Gasteiger charge is 2.02. The predicted molar refractivity (Wildman–Crippen MR) is 50.9 cm³/mol. The number of carbonyl (C=O) groups excluding carboxylic acids is 1. The van der Waals surface area contributed by atoms with E-state index in [0.29, 0.717) is 6.04 Å². The minimum absolute atomic E-state index is 0.210. The number of hydrogen-bond acceptors (Lipinski definition) is 3. The maximum absolute atomic E-state index is 10.5. The molecule has 0 saturated heterocycles. The van der Waals surface area contributed by atoms with Gasteiger partial charge in [-0.2, -0.15) is 0 Å². The van der Waals surface area contributed by atoms with Crippen molar-refractivity contribution in [3.63, 3.8) is 0 Å². The summed E-state index contributed by atoms with van der Waals surface area (Å²) >= 11 is 1.40. The zero-order valence-corrected chi connectivity index (χ0v) is 8.57. The fourth-order valence-corrected chi connectivity index (χ4v) is 1.26. The summed E-state index contributed by atoms with van der Waals surface area (Å²) in [6.07, 6.45) is 0. The van der Waals surface area contributed by atoms with Gasteiger partial charge in [-0.25, -0.2) is 0 Å². The van der Waals surface area contributed by atoms with E-state index in [4.69, 9.17) is 0 Å². The van der Waals surface area contributed by atoms with E-state index in [1.54, 1.807) is 6.92 Å². The average molecular weight is 175 g/mol.